The van der Waals surface area contributed by atoms with Crippen molar-refractivity contribution in [3.05, 3.63) is 0 Å². The van der Waals surface area contributed by atoms with Gasteiger partial charge >= 0.3 is 12.1 Å². The fourth-order valence-corrected chi connectivity index (χ4v) is 2.02. The van der Waals surface area contributed by atoms with Gasteiger partial charge in [-0.05, 0) is 12.8 Å². The second kappa shape index (κ2) is 14.4. The van der Waals surface area contributed by atoms with Gasteiger partial charge in [0.25, 0.3) is 0 Å². The summed E-state index contributed by atoms with van der Waals surface area (Å²) in [5.41, 5.74) is 0. The highest BCUT2D eigenvalue weighted by Gasteiger charge is 2.07. The first-order valence-corrected chi connectivity index (χ1v) is 8.19. The van der Waals surface area contributed by atoms with Gasteiger partial charge < -0.3 is 10.1 Å². The van der Waals surface area contributed by atoms with Gasteiger partial charge in [-0.1, -0.05) is 65.2 Å². The molecule has 0 aromatic heterocycles. The van der Waals surface area contributed by atoms with Crippen molar-refractivity contribution in [1.29, 1.82) is 0 Å². The number of carbonyl (C=O) groups excluding carboxylic acids is 2. The number of nitrogens with one attached hydrogen (secondary N) is 1. The lowest BCUT2D eigenvalue weighted by molar-refractivity contribution is -0.137. The fourth-order valence-electron chi connectivity index (χ4n) is 2.02. The molecule has 0 aliphatic rings. The third-order valence-corrected chi connectivity index (χ3v) is 3.21. The lowest BCUT2D eigenvalue weighted by Gasteiger charge is -2.05. The second-order valence-corrected chi connectivity index (χ2v) is 5.27. The number of hydrogen-bond acceptors (Lipinski definition) is 3. The molecular weight excluding hydrogens is 254 g/mol. The van der Waals surface area contributed by atoms with Crippen molar-refractivity contribution in [2.75, 3.05) is 6.54 Å². The zero-order chi connectivity index (χ0) is 15.1. The third-order valence-electron chi connectivity index (χ3n) is 3.21. The molecule has 4 heteroatoms. The van der Waals surface area contributed by atoms with Gasteiger partial charge in [-0.3, -0.25) is 4.79 Å². The lowest BCUT2D eigenvalue weighted by Crippen LogP contribution is -2.27. The minimum atomic E-state index is -0.608. The summed E-state index contributed by atoms with van der Waals surface area (Å²) >= 11 is 0. The van der Waals surface area contributed by atoms with E-state index in [-0.39, 0.29) is 0 Å². The molecule has 0 radical (unpaired) electrons. The Morgan fingerprint density at radius 2 is 1.35 bits per heavy atom. The average Bonchev–Trinajstić information content (AvgIpc) is 2.41. The van der Waals surface area contributed by atoms with E-state index in [2.05, 4.69) is 17.0 Å². The van der Waals surface area contributed by atoms with Crippen LogP contribution in [0.25, 0.3) is 0 Å². The number of esters is 1. The molecule has 118 valence electrons. The molecule has 1 N–H and O–H groups in total. The molecule has 0 saturated heterocycles. The van der Waals surface area contributed by atoms with Crippen molar-refractivity contribution >= 4 is 12.1 Å². The molecule has 0 unspecified atom stereocenters. The molecule has 0 rings (SSSR count). The van der Waals surface area contributed by atoms with Crippen molar-refractivity contribution in [3.63, 3.8) is 0 Å². The Bertz CT molecular complexity index is 254. The number of unbranched alkanes of at least 4 members (excludes halogenated alkanes) is 8. The number of carbonyl (C=O) groups is 2. The van der Waals surface area contributed by atoms with E-state index in [9.17, 15) is 9.59 Å². The van der Waals surface area contributed by atoms with Gasteiger partial charge in [0.2, 0.25) is 0 Å². The minimum Gasteiger partial charge on any atom is -0.376 e. The number of alkyl carbamates (subject to hydrolysis) is 1. The number of hydrogen-bond donors (Lipinski definition) is 1. The molecular formula is C16H31NO3. The molecule has 0 atom stereocenters. The highest BCUT2D eigenvalue weighted by atomic mass is 16.6. The van der Waals surface area contributed by atoms with Crippen molar-refractivity contribution in [2.24, 2.45) is 0 Å². The monoisotopic (exact) mass is 285 g/mol. The van der Waals surface area contributed by atoms with E-state index in [1.54, 1.807) is 0 Å². The van der Waals surface area contributed by atoms with E-state index < -0.39 is 12.1 Å². The molecule has 0 aliphatic carbocycles. The molecule has 4 nitrogen and oxygen atoms in total. The molecule has 0 aromatic carbocycles. The SMILES string of the molecule is CCCCCCCCCCCNC(=O)OC(=O)CCC. The topological polar surface area (TPSA) is 55.4 Å². The first-order chi connectivity index (χ1) is 9.70. The van der Waals surface area contributed by atoms with E-state index >= 15 is 0 Å². The Morgan fingerprint density at radius 1 is 0.800 bits per heavy atom. The highest BCUT2D eigenvalue weighted by Crippen LogP contribution is 2.09. The third kappa shape index (κ3) is 13.4. The summed E-state index contributed by atoms with van der Waals surface area (Å²) in [6.45, 7) is 4.70. The van der Waals surface area contributed by atoms with Crippen LogP contribution in [0.1, 0.15) is 84.5 Å². The van der Waals surface area contributed by atoms with Crippen LogP contribution < -0.4 is 5.32 Å². The van der Waals surface area contributed by atoms with Gasteiger partial charge in [0, 0.05) is 13.0 Å². The van der Waals surface area contributed by atoms with Crippen LogP contribution in [0.4, 0.5) is 4.79 Å². The molecule has 20 heavy (non-hydrogen) atoms. The molecule has 1 amide bonds. The van der Waals surface area contributed by atoms with E-state index in [0.29, 0.717) is 19.4 Å². The zero-order valence-electron chi connectivity index (χ0n) is 13.2. The van der Waals surface area contributed by atoms with Crippen LogP contribution in [0, 0.1) is 0 Å². The Labute approximate surface area is 123 Å². The maximum atomic E-state index is 11.2. The first-order valence-electron chi connectivity index (χ1n) is 8.19. The predicted octanol–water partition coefficient (Wildman–Crippen LogP) is 4.57. The smallest absolute Gasteiger partial charge is 0.376 e. The van der Waals surface area contributed by atoms with Gasteiger partial charge in [-0.25, -0.2) is 4.79 Å². The second-order valence-electron chi connectivity index (χ2n) is 5.27. The Hall–Kier alpha value is -1.06. The van der Waals surface area contributed by atoms with Crippen LogP contribution in [0.2, 0.25) is 0 Å². The van der Waals surface area contributed by atoms with Crippen molar-refractivity contribution < 1.29 is 14.3 Å². The largest absolute Gasteiger partial charge is 0.414 e. The predicted molar refractivity (Wildman–Crippen MR) is 81.6 cm³/mol. The highest BCUT2D eigenvalue weighted by molar-refractivity contribution is 5.84. The number of amides is 1. The number of ether oxygens (including phenoxy) is 1. The quantitative estimate of drug-likeness (QED) is 0.324. The normalized spacial score (nSPS) is 10.3. The molecule has 0 saturated carbocycles. The summed E-state index contributed by atoms with van der Waals surface area (Å²) in [5.74, 6) is -0.447. The van der Waals surface area contributed by atoms with E-state index in [4.69, 9.17) is 0 Å². The van der Waals surface area contributed by atoms with E-state index in [1.807, 2.05) is 6.92 Å². The Balaban J connectivity index is 3.23. The van der Waals surface area contributed by atoms with Gasteiger partial charge in [0.05, 0.1) is 0 Å². The van der Waals surface area contributed by atoms with Crippen molar-refractivity contribution in [2.45, 2.75) is 84.5 Å². The standard InChI is InChI=1S/C16H31NO3/c1-3-5-6-7-8-9-10-11-12-14-17-16(19)20-15(18)13-4-2/h3-14H2,1-2H3,(H,17,19). The van der Waals surface area contributed by atoms with Gasteiger partial charge in [0.15, 0.2) is 0 Å². The van der Waals surface area contributed by atoms with Gasteiger partial charge in [-0.15, -0.1) is 0 Å². The maximum Gasteiger partial charge on any atom is 0.414 e. The van der Waals surface area contributed by atoms with Gasteiger partial charge in [0.1, 0.15) is 0 Å². The summed E-state index contributed by atoms with van der Waals surface area (Å²) in [7, 11) is 0. The summed E-state index contributed by atoms with van der Waals surface area (Å²) in [6.07, 6.45) is 11.6. The molecule has 0 bridgehead atoms. The fraction of sp³-hybridized carbons (Fsp3) is 0.875. The van der Waals surface area contributed by atoms with E-state index in [1.165, 1.54) is 44.9 Å². The van der Waals surface area contributed by atoms with Crippen LogP contribution >= 0.6 is 0 Å². The Morgan fingerprint density at radius 3 is 1.90 bits per heavy atom. The average molecular weight is 285 g/mol. The Kier molecular flexibility index (Phi) is 13.6. The minimum absolute atomic E-state index is 0.297. The number of rotatable bonds is 12. The summed E-state index contributed by atoms with van der Waals surface area (Å²) in [4.78, 5) is 22.3. The van der Waals surface area contributed by atoms with Crippen LogP contribution in [-0.4, -0.2) is 18.6 Å². The molecule has 0 heterocycles. The molecule has 0 fully saturated rings. The van der Waals surface area contributed by atoms with Crippen LogP contribution in [0.3, 0.4) is 0 Å². The van der Waals surface area contributed by atoms with E-state index in [0.717, 1.165) is 12.8 Å². The lowest BCUT2D eigenvalue weighted by atomic mass is 10.1. The molecule has 0 spiro atoms. The maximum absolute atomic E-state index is 11.2. The van der Waals surface area contributed by atoms with Crippen LogP contribution in [-0.2, 0) is 9.53 Å². The van der Waals surface area contributed by atoms with Crippen LogP contribution in [0.15, 0.2) is 0 Å². The first kappa shape index (κ1) is 18.9. The summed E-state index contributed by atoms with van der Waals surface area (Å²) < 4.78 is 4.58. The summed E-state index contributed by atoms with van der Waals surface area (Å²) in [5, 5.41) is 2.61. The molecule has 0 aromatic rings. The van der Waals surface area contributed by atoms with Crippen molar-refractivity contribution in [3.8, 4) is 0 Å². The van der Waals surface area contributed by atoms with Crippen LogP contribution in [0.5, 0.6) is 0 Å². The zero-order valence-corrected chi connectivity index (χ0v) is 13.2. The van der Waals surface area contributed by atoms with Gasteiger partial charge in [-0.2, -0.15) is 0 Å². The summed E-state index contributed by atoms with van der Waals surface area (Å²) in [6, 6.07) is 0. The van der Waals surface area contributed by atoms with Crippen molar-refractivity contribution in [1.82, 2.24) is 5.32 Å². The molecule has 0 aliphatic heterocycles.